The van der Waals surface area contributed by atoms with E-state index in [1.165, 1.54) is 42.5 Å². The number of aromatic nitrogens is 2. The van der Waals surface area contributed by atoms with Crippen LogP contribution in [0.5, 0.6) is 0 Å². The van der Waals surface area contributed by atoms with Gasteiger partial charge in [0.25, 0.3) is 0 Å². The molecule has 9 atom stereocenters. The third-order valence-corrected chi connectivity index (χ3v) is 14.7. The Labute approximate surface area is 247 Å². The summed E-state index contributed by atoms with van der Waals surface area (Å²) < 4.78 is 2.23. The monoisotopic (exact) mass is 554 g/mol. The van der Waals surface area contributed by atoms with Crippen LogP contribution in [-0.4, -0.2) is 20.9 Å². The quantitative estimate of drug-likeness (QED) is 0.386. The van der Waals surface area contributed by atoms with E-state index in [-0.39, 0.29) is 27.6 Å². The van der Waals surface area contributed by atoms with E-state index in [0.29, 0.717) is 23.7 Å². The molecule has 1 aromatic carbocycles. The average molecular weight is 555 g/mol. The molecular formula is C37H50N2O2. The van der Waals surface area contributed by atoms with Gasteiger partial charge in [0.2, 0.25) is 0 Å². The van der Waals surface area contributed by atoms with Gasteiger partial charge >= 0.3 is 5.97 Å². The van der Waals surface area contributed by atoms with Gasteiger partial charge in [-0.15, -0.1) is 0 Å². The van der Waals surface area contributed by atoms with Crippen molar-refractivity contribution in [2.45, 2.75) is 105 Å². The van der Waals surface area contributed by atoms with E-state index in [0.717, 1.165) is 37.8 Å². The van der Waals surface area contributed by atoms with Gasteiger partial charge in [0.15, 0.2) is 0 Å². The zero-order valence-corrected chi connectivity index (χ0v) is 26.2. The van der Waals surface area contributed by atoms with Crippen molar-refractivity contribution in [3.63, 3.8) is 0 Å². The SMILES string of the molecule is C=C(C)[C@@H]1CC[C@]2(C(=O)O)CC[C@]3(C)[C@H](CC[C@@H]4[C@@]5(C)Cc6cnn(-c7ccccc7)c6C(C)(C)[C@@H]5CC[C@]43C)[C@@H]12. The van der Waals surface area contributed by atoms with Gasteiger partial charge in [-0.25, -0.2) is 4.68 Å². The van der Waals surface area contributed by atoms with Crippen LogP contribution in [-0.2, 0) is 16.6 Å². The molecule has 4 heteroatoms. The van der Waals surface area contributed by atoms with Crippen molar-refractivity contribution in [3.05, 3.63) is 59.9 Å². The Hall–Kier alpha value is -2.36. The molecule has 0 radical (unpaired) electrons. The molecule has 7 rings (SSSR count). The summed E-state index contributed by atoms with van der Waals surface area (Å²) in [5.74, 6) is 1.74. The molecule has 4 fully saturated rings. The second kappa shape index (κ2) is 8.60. The first kappa shape index (κ1) is 27.5. The van der Waals surface area contributed by atoms with E-state index in [9.17, 15) is 9.90 Å². The average Bonchev–Trinajstić information content (AvgIpc) is 3.53. The van der Waals surface area contributed by atoms with Crippen molar-refractivity contribution in [1.82, 2.24) is 9.78 Å². The van der Waals surface area contributed by atoms with E-state index in [1.54, 1.807) is 0 Å². The molecule has 2 aromatic rings. The largest absolute Gasteiger partial charge is 0.481 e. The van der Waals surface area contributed by atoms with Crippen LogP contribution in [0, 0.1) is 51.2 Å². The van der Waals surface area contributed by atoms with Crippen molar-refractivity contribution in [1.29, 1.82) is 0 Å². The summed E-state index contributed by atoms with van der Waals surface area (Å²) in [4.78, 5) is 13.0. The summed E-state index contributed by atoms with van der Waals surface area (Å²) in [6.07, 6.45) is 11.9. The maximum absolute atomic E-state index is 13.0. The van der Waals surface area contributed by atoms with Gasteiger partial charge in [0, 0.05) is 5.41 Å². The first-order valence-electron chi connectivity index (χ1n) is 16.3. The molecule has 5 aliphatic carbocycles. The van der Waals surface area contributed by atoms with Gasteiger partial charge in [0.05, 0.1) is 23.0 Å². The summed E-state index contributed by atoms with van der Waals surface area (Å²) in [7, 11) is 0. The highest BCUT2D eigenvalue weighted by atomic mass is 16.4. The van der Waals surface area contributed by atoms with Crippen molar-refractivity contribution in [2.75, 3.05) is 0 Å². The Morgan fingerprint density at radius 2 is 1.66 bits per heavy atom. The van der Waals surface area contributed by atoms with Crippen molar-refractivity contribution < 1.29 is 9.90 Å². The van der Waals surface area contributed by atoms with E-state index in [1.807, 2.05) is 0 Å². The molecule has 0 bridgehead atoms. The topological polar surface area (TPSA) is 55.1 Å². The lowest BCUT2D eigenvalue weighted by Crippen LogP contribution is -2.67. The Balaban J connectivity index is 1.30. The highest BCUT2D eigenvalue weighted by Gasteiger charge is 2.72. The molecule has 41 heavy (non-hydrogen) atoms. The van der Waals surface area contributed by atoms with Gasteiger partial charge in [-0.3, -0.25) is 4.79 Å². The van der Waals surface area contributed by atoms with Crippen LogP contribution in [0.15, 0.2) is 48.7 Å². The number of hydrogen-bond acceptors (Lipinski definition) is 2. The van der Waals surface area contributed by atoms with Gasteiger partial charge in [0.1, 0.15) is 0 Å². The van der Waals surface area contributed by atoms with E-state index < -0.39 is 11.4 Å². The van der Waals surface area contributed by atoms with Crippen LogP contribution >= 0.6 is 0 Å². The fraction of sp³-hybridized carbons (Fsp3) is 0.676. The van der Waals surface area contributed by atoms with Crippen LogP contribution in [0.1, 0.15) is 104 Å². The van der Waals surface area contributed by atoms with Crippen LogP contribution in [0.25, 0.3) is 5.69 Å². The van der Waals surface area contributed by atoms with Crippen LogP contribution in [0.3, 0.4) is 0 Å². The van der Waals surface area contributed by atoms with Crippen LogP contribution < -0.4 is 0 Å². The number of benzene rings is 1. The zero-order valence-electron chi connectivity index (χ0n) is 26.2. The summed E-state index contributed by atoms with van der Waals surface area (Å²) in [5.41, 5.74) is 5.25. The lowest BCUT2D eigenvalue weighted by molar-refractivity contribution is -0.228. The number of aliphatic carboxylic acids is 1. The fourth-order valence-electron chi connectivity index (χ4n) is 12.8. The van der Waals surface area contributed by atoms with Crippen molar-refractivity contribution >= 4 is 5.97 Å². The Morgan fingerprint density at radius 3 is 2.34 bits per heavy atom. The number of fused-ring (bicyclic) bond motifs is 8. The summed E-state index contributed by atoms with van der Waals surface area (Å²) >= 11 is 0. The molecule has 220 valence electrons. The maximum Gasteiger partial charge on any atom is 0.309 e. The third kappa shape index (κ3) is 3.29. The minimum absolute atomic E-state index is 0.0231. The number of carboxylic acid groups (broad SMARTS) is 1. The molecule has 0 amide bonds. The molecule has 4 saturated carbocycles. The fourth-order valence-corrected chi connectivity index (χ4v) is 12.8. The second-order valence-corrected chi connectivity index (χ2v) is 16.3. The van der Waals surface area contributed by atoms with Crippen LogP contribution in [0.2, 0.25) is 0 Å². The number of para-hydroxylation sites is 1. The maximum atomic E-state index is 13.0. The molecule has 1 heterocycles. The van der Waals surface area contributed by atoms with E-state index in [4.69, 9.17) is 5.10 Å². The van der Waals surface area contributed by atoms with Gasteiger partial charge in [-0.2, -0.15) is 5.10 Å². The Kier molecular flexibility index (Phi) is 5.76. The third-order valence-electron chi connectivity index (χ3n) is 14.7. The number of rotatable bonds is 3. The Morgan fingerprint density at radius 1 is 0.927 bits per heavy atom. The molecule has 1 aromatic heterocycles. The minimum atomic E-state index is -0.550. The Bertz CT molecular complexity index is 1410. The van der Waals surface area contributed by atoms with Gasteiger partial charge in [-0.05, 0) is 128 Å². The van der Waals surface area contributed by atoms with E-state index in [2.05, 4.69) is 89.3 Å². The first-order valence-corrected chi connectivity index (χ1v) is 16.3. The number of allylic oxidation sites excluding steroid dienone is 1. The second-order valence-electron chi connectivity index (χ2n) is 16.3. The summed E-state index contributed by atoms with van der Waals surface area (Å²) in [5, 5.41) is 15.7. The number of hydrogen-bond donors (Lipinski definition) is 1. The smallest absolute Gasteiger partial charge is 0.309 e. The molecule has 0 saturated heterocycles. The van der Waals surface area contributed by atoms with E-state index >= 15 is 0 Å². The summed E-state index contributed by atoms with van der Waals surface area (Å²) in [6.45, 7) is 19.4. The molecule has 1 N–H and O–H groups in total. The van der Waals surface area contributed by atoms with Crippen LogP contribution in [0.4, 0.5) is 0 Å². The number of carboxylic acids is 1. The number of nitrogens with zero attached hydrogens (tertiary/aromatic N) is 2. The standard InChI is InChI=1S/C37H50N2O2/c1-23(2)26-15-18-37(32(40)41)20-19-35(6)27(30(26)37)13-14-29-34(5)21-24-22-38-39(25-11-9-8-10-12-25)31(24)33(3,4)28(34)16-17-36(29,35)7/h8-12,22,26-30H,1,13-21H2,2-7H3,(H,40,41)/t26-,27+,28-,29+,30+,34-,35+,36+,37-/m0/s1. The molecule has 5 aliphatic rings. The molecule has 0 aliphatic heterocycles. The van der Waals surface area contributed by atoms with Gasteiger partial charge < -0.3 is 5.11 Å². The van der Waals surface area contributed by atoms with Crippen molar-refractivity contribution in [3.8, 4) is 5.69 Å². The lowest BCUT2D eigenvalue weighted by atomic mass is 9.32. The normalized spacial score (nSPS) is 44.1. The number of carbonyl (C=O) groups is 1. The predicted molar refractivity (Wildman–Crippen MR) is 164 cm³/mol. The highest BCUT2D eigenvalue weighted by molar-refractivity contribution is 5.76. The lowest BCUT2D eigenvalue weighted by Gasteiger charge is -2.72. The molecule has 0 unspecified atom stereocenters. The molecule has 4 nitrogen and oxygen atoms in total. The predicted octanol–water partition coefficient (Wildman–Crippen LogP) is 8.63. The zero-order chi connectivity index (χ0) is 29.2. The molecular weight excluding hydrogens is 504 g/mol. The van der Waals surface area contributed by atoms with Gasteiger partial charge in [-0.1, -0.05) is 65.0 Å². The summed E-state index contributed by atoms with van der Waals surface area (Å²) in [6, 6.07) is 10.7. The minimum Gasteiger partial charge on any atom is -0.481 e. The van der Waals surface area contributed by atoms with Crippen molar-refractivity contribution in [2.24, 2.45) is 51.2 Å². The molecule has 0 spiro atoms. The highest BCUT2D eigenvalue weighted by Crippen LogP contribution is 2.77. The first-order chi connectivity index (χ1) is 19.3.